The lowest BCUT2D eigenvalue weighted by Gasteiger charge is -2.39. The zero-order valence-electron chi connectivity index (χ0n) is 15.7. The Morgan fingerprint density at radius 3 is 2.56 bits per heavy atom. The van der Waals surface area contributed by atoms with Crippen molar-refractivity contribution in [3.05, 3.63) is 59.7 Å². The molecule has 0 unspecified atom stereocenters. The number of carbonyl (C=O) groups is 1. The van der Waals surface area contributed by atoms with Gasteiger partial charge in [-0.1, -0.05) is 24.3 Å². The first-order chi connectivity index (χ1) is 13.2. The minimum absolute atomic E-state index is 0.0290. The second kappa shape index (κ2) is 8.01. The fourth-order valence-corrected chi connectivity index (χ4v) is 3.27. The van der Waals surface area contributed by atoms with E-state index >= 15 is 0 Å². The highest BCUT2D eigenvalue weighted by atomic mass is 16.5. The molecule has 1 heterocycles. The molecule has 142 valence electrons. The first-order valence-electron chi connectivity index (χ1n) is 9.72. The molecule has 4 rings (SSSR count). The molecule has 1 amide bonds. The van der Waals surface area contributed by atoms with Crippen LogP contribution >= 0.6 is 0 Å². The quantitative estimate of drug-likeness (QED) is 0.779. The zero-order valence-corrected chi connectivity index (χ0v) is 15.7. The number of benzene rings is 2. The van der Waals surface area contributed by atoms with Crippen LogP contribution in [0.3, 0.4) is 0 Å². The van der Waals surface area contributed by atoms with Gasteiger partial charge < -0.3 is 14.8 Å². The summed E-state index contributed by atoms with van der Waals surface area (Å²) >= 11 is 0. The van der Waals surface area contributed by atoms with Gasteiger partial charge in [0.15, 0.2) is 0 Å². The van der Waals surface area contributed by atoms with Crippen molar-refractivity contribution in [1.82, 2.24) is 10.2 Å². The molecule has 0 aromatic heterocycles. The topological polar surface area (TPSA) is 50.8 Å². The van der Waals surface area contributed by atoms with Gasteiger partial charge in [-0.05, 0) is 49.6 Å². The average Bonchev–Trinajstić information content (AvgIpc) is 3.46. The maximum atomic E-state index is 12.4. The summed E-state index contributed by atoms with van der Waals surface area (Å²) in [6.07, 6.45) is 2.29. The summed E-state index contributed by atoms with van der Waals surface area (Å²) < 4.78 is 11.6. The third kappa shape index (κ3) is 4.61. The number of para-hydroxylation sites is 1. The molecular formula is C22H26N2O3. The van der Waals surface area contributed by atoms with Crippen molar-refractivity contribution >= 4 is 5.91 Å². The Labute approximate surface area is 160 Å². The van der Waals surface area contributed by atoms with Crippen molar-refractivity contribution in [1.29, 1.82) is 0 Å². The molecule has 0 radical (unpaired) electrons. The third-order valence-corrected chi connectivity index (χ3v) is 4.90. The second-order valence-electron chi connectivity index (χ2n) is 7.25. The van der Waals surface area contributed by atoms with Gasteiger partial charge >= 0.3 is 0 Å². The van der Waals surface area contributed by atoms with Crippen molar-refractivity contribution in [2.24, 2.45) is 0 Å². The Bertz CT molecular complexity index is 780. The van der Waals surface area contributed by atoms with Crippen LogP contribution in [0.5, 0.6) is 11.5 Å². The molecule has 1 N–H and O–H groups in total. The first kappa shape index (κ1) is 17.9. The van der Waals surface area contributed by atoms with Gasteiger partial charge in [-0.25, -0.2) is 0 Å². The zero-order chi connectivity index (χ0) is 18.6. The molecule has 2 aromatic carbocycles. The molecule has 2 aliphatic rings. The van der Waals surface area contributed by atoms with Gasteiger partial charge in [0.05, 0.1) is 12.2 Å². The number of likely N-dealkylation sites (tertiary alicyclic amines) is 1. The number of nitrogens with one attached hydrogen (secondary N) is 1. The van der Waals surface area contributed by atoms with E-state index in [4.69, 9.17) is 9.47 Å². The number of rotatable bonds is 8. The molecule has 1 aliphatic heterocycles. The Kier molecular flexibility index (Phi) is 5.30. The van der Waals surface area contributed by atoms with Crippen LogP contribution in [-0.4, -0.2) is 42.6 Å². The Hall–Kier alpha value is -2.53. The smallest absolute Gasteiger partial charge is 0.255 e. The van der Waals surface area contributed by atoms with E-state index in [1.165, 1.54) is 5.56 Å². The van der Waals surface area contributed by atoms with Crippen LogP contribution in [0.2, 0.25) is 0 Å². The highest BCUT2D eigenvalue weighted by Gasteiger charge is 2.30. The van der Waals surface area contributed by atoms with E-state index in [2.05, 4.69) is 22.3 Å². The number of hydrogen-bond acceptors (Lipinski definition) is 4. The van der Waals surface area contributed by atoms with E-state index in [0.29, 0.717) is 24.0 Å². The predicted octanol–water partition coefficient (Wildman–Crippen LogP) is 3.24. The first-order valence-corrected chi connectivity index (χ1v) is 9.72. The fourth-order valence-electron chi connectivity index (χ4n) is 3.27. The molecule has 2 aromatic rings. The summed E-state index contributed by atoms with van der Waals surface area (Å²) in [5.74, 6) is 1.56. The molecule has 0 atom stereocenters. The summed E-state index contributed by atoms with van der Waals surface area (Å²) in [6.45, 7) is 5.31. The minimum Gasteiger partial charge on any atom is -0.494 e. The normalized spacial score (nSPS) is 17.2. The van der Waals surface area contributed by atoms with Gasteiger partial charge in [0.1, 0.15) is 17.6 Å². The van der Waals surface area contributed by atoms with Crippen molar-refractivity contribution in [3.63, 3.8) is 0 Å². The van der Waals surface area contributed by atoms with Gasteiger partial charge in [-0.3, -0.25) is 9.69 Å². The average molecular weight is 366 g/mol. The molecule has 0 spiro atoms. The summed E-state index contributed by atoms with van der Waals surface area (Å²) in [7, 11) is 0. The van der Waals surface area contributed by atoms with Crippen LogP contribution < -0.4 is 14.8 Å². The summed E-state index contributed by atoms with van der Waals surface area (Å²) in [6, 6.07) is 16.1. The largest absolute Gasteiger partial charge is 0.494 e. The Morgan fingerprint density at radius 1 is 1.11 bits per heavy atom. The third-order valence-electron chi connectivity index (χ3n) is 4.90. The van der Waals surface area contributed by atoms with Crippen molar-refractivity contribution in [2.45, 2.75) is 38.5 Å². The lowest BCUT2D eigenvalue weighted by molar-refractivity contribution is 0.0140. The number of nitrogens with zero attached hydrogens (tertiary/aromatic N) is 1. The molecule has 5 heteroatoms. The van der Waals surface area contributed by atoms with Crippen LogP contribution in [0.25, 0.3) is 0 Å². The van der Waals surface area contributed by atoms with Crippen molar-refractivity contribution in [3.8, 4) is 11.5 Å². The summed E-state index contributed by atoms with van der Waals surface area (Å²) in [5, 5.41) is 3.04. The Morgan fingerprint density at radius 2 is 1.85 bits per heavy atom. The van der Waals surface area contributed by atoms with Crippen LogP contribution in [0.4, 0.5) is 0 Å². The van der Waals surface area contributed by atoms with Crippen LogP contribution in [0, 0.1) is 0 Å². The molecule has 1 saturated heterocycles. The lowest BCUT2D eigenvalue weighted by atomic mass is 10.1. The fraction of sp³-hybridized carbons (Fsp3) is 0.409. The standard InChI is InChI=1S/C22H26N2O3/c1-2-26-18-11-7-16(8-12-18)13-24-14-19(15-24)27-21-6-4-3-5-20(21)22(25)23-17-9-10-17/h3-8,11-12,17,19H,2,9-10,13-15H2,1H3,(H,23,25). The van der Waals surface area contributed by atoms with Gasteiger partial charge in [-0.2, -0.15) is 0 Å². The van der Waals surface area contributed by atoms with E-state index < -0.39 is 0 Å². The number of hydrogen-bond donors (Lipinski definition) is 1. The Balaban J connectivity index is 1.28. The molecule has 1 aliphatic carbocycles. The monoisotopic (exact) mass is 366 g/mol. The highest BCUT2D eigenvalue weighted by Crippen LogP contribution is 2.26. The molecule has 1 saturated carbocycles. The molecule has 27 heavy (non-hydrogen) atoms. The van der Waals surface area contributed by atoms with Gasteiger partial charge in [0.2, 0.25) is 0 Å². The number of amides is 1. The van der Waals surface area contributed by atoms with Gasteiger partial charge in [0.25, 0.3) is 5.91 Å². The summed E-state index contributed by atoms with van der Waals surface area (Å²) in [4.78, 5) is 14.7. The van der Waals surface area contributed by atoms with E-state index in [1.807, 2.05) is 43.3 Å². The molecule has 5 nitrogen and oxygen atoms in total. The second-order valence-corrected chi connectivity index (χ2v) is 7.25. The van der Waals surface area contributed by atoms with E-state index in [9.17, 15) is 4.79 Å². The molecule has 2 fully saturated rings. The highest BCUT2D eigenvalue weighted by molar-refractivity contribution is 5.97. The van der Waals surface area contributed by atoms with Gasteiger partial charge in [-0.15, -0.1) is 0 Å². The van der Waals surface area contributed by atoms with Crippen LogP contribution in [-0.2, 0) is 6.54 Å². The van der Waals surface area contributed by atoms with Crippen molar-refractivity contribution in [2.75, 3.05) is 19.7 Å². The van der Waals surface area contributed by atoms with Crippen LogP contribution in [0.1, 0.15) is 35.7 Å². The van der Waals surface area contributed by atoms with E-state index in [-0.39, 0.29) is 12.0 Å². The van der Waals surface area contributed by atoms with Crippen LogP contribution in [0.15, 0.2) is 48.5 Å². The summed E-state index contributed by atoms with van der Waals surface area (Å²) in [5.41, 5.74) is 1.90. The predicted molar refractivity (Wildman–Crippen MR) is 104 cm³/mol. The van der Waals surface area contributed by atoms with Gasteiger partial charge in [0, 0.05) is 25.7 Å². The minimum atomic E-state index is -0.0290. The number of carbonyl (C=O) groups excluding carboxylic acids is 1. The maximum Gasteiger partial charge on any atom is 0.255 e. The lowest BCUT2D eigenvalue weighted by Crippen LogP contribution is -2.53. The number of ether oxygens (including phenoxy) is 2. The van der Waals surface area contributed by atoms with Crippen molar-refractivity contribution < 1.29 is 14.3 Å². The van der Waals surface area contributed by atoms with E-state index in [0.717, 1.165) is 38.2 Å². The molecule has 0 bridgehead atoms. The van der Waals surface area contributed by atoms with E-state index in [1.54, 1.807) is 0 Å². The molecular weight excluding hydrogens is 340 g/mol. The SMILES string of the molecule is CCOc1ccc(CN2CC(Oc3ccccc3C(=O)NC3CC3)C2)cc1. The maximum absolute atomic E-state index is 12.4.